The van der Waals surface area contributed by atoms with Crippen LogP contribution < -0.4 is 5.32 Å². The number of carbonyl (C=O) groups is 3. The van der Waals surface area contributed by atoms with Crippen LogP contribution in [0.3, 0.4) is 0 Å². The maximum absolute atomic E-state index is 12.4. The minimum Gasteiger partial charge on any atom is -0.481 e. The quantitative estimate of drug-likeness (QED) is 0.496. The predicted molar refractivity (Wildman–Crippen MR) is 115 cm³/mol. The largest absolute Gasteiger partial charge is 0.481 e. The summed E-state index contributed by atoms with van der Waals surface area (Å²) in [5.74, 6) is -4.51. The molecular weight excluding hydrogens is 429 g/mol. The Morgan fingerprint density at radius 2 is 1.63 bits per heavy atom. The maximum atomic E-state index is 12.4. The molecule has 3 unspecified atom stereocenters. The van der Waals surface area contributed by atoms with Crippen molar-refractivity contribution in [1.82, 2.24) is 5.32 Å². The summed E-state index contributed by atoms with van der Waals surface area (Å²) in [6.45, 7) is 1.83. The Morgan fingerprint density at radius 1 is 0.967 bits per heavy atom. The summed E-state index contributed by atoms with van der Waals surface area (Å²) in [5, 5.41) is 22.0. The Labute approximate surface area is 184 Å². The number of hydrogen-bond donors (Lipinski definition) is 3. The first-order chi connectivity index (χ1) is 14.2. The molecule has 0 aliphatic rings. The van der Waals surface area contributed by atoms with Gasteiger partial charge in [-0.15, -0.1) is 0 Å². The van der Waals surface area contributed by atoms with Gasteiger partial charge in [0.2, 0.25) is 5.91 Å². The predicted octanol–water partition coefficient (Wildman–Crippen LogP) is 4.39. The molecule has 6 nitrogen and oxygen atoms in total. The monoisotopic (exact) mass is 451 g/mol. The van der Waals surface area contributed by atoms with E-state index in [2.05, 4.69) is 5.32 Å². The molecule has 3 atom stereocenters. The van der Waals surface area contributed by atoms with Gasteiger partial charge in [-0.3, -0.25) is 14.4 Å². The van der Waals surface area contributed by atoms with E-state index in [0.29, 0.717) is 16.5 Å². The zero-order chi connectivity index (χ0) is 22.3. The summed E-state index contributed by atoms with van der Waals surface area (Å²) in [6.07, 6.45) is -0.425. The lowest BCUT2D eigenvalue weighted by Gasteiger charge is -2.26. The second-order valence-corrected chi connectivity index (χ2v) is 8.06. The second kappa shape index (κ2) is 11.0. The van der Waals surface area contributed by atoms with Crippen molar-refractivity contribution in [1.29, 1.82) is 0 Å². The number of nitrogens with one attached hydrogen (secondary N) is 1. The summed E-state index contributed by atoms with van der Waals surface area (Å²) in [6, 6.07) is 14.4. The highest BCUT2D eigenvalue weighted by molar-refractivity contribution is 6.30. The first-order valence-electron chi connectivity index (χ1n) is 9.39. The number of carboxylic acid groups (broad SMARTS) is 2. The summed E-state index contributed by atoms with van der Waals surface area (Å²) < 4.78 is 0. The van der Waals surface area contributed by atoms with Crippen molar-refractivity contribution >= 4 is 41.0 Å². The summed E-state index contributed by atoms with van der Waals surface area (Å²) in [7, 11) is 0. The smallest absolute Gasteiger partial charge is 0.307 e. The fourth-order valence-corrected chi connectivity index (χ4v) is 3.61. The van der Waals surface area contributed by atoms with Gasteiger partial charge in [0, 0.05) is 28.4 Å². The van der Waals surface area contributed by atoms with Crippen LogP contribution in [0.2, 0.25) is 10.0 Å². The number of hydrogen-bond acceptors (Lipinski definition) is 3. The van der Waals surface area contributed by atoms with E-state index in [1.807, 2.05) is 37.3 Å². The molecule has 0 heterocycles. The van der Waals surface area contributed by atoms with Crippen LogP contribution in [0.5, 0.6) is 0 Å². The minimum atomic E-state index is -1.31. The van der Waals surface area contributed by atoms with Gasteiger partial charge in [0.25, 0.3) is 0 Å². The highest BCUT2D eigenvalue weighted by Gasteiger charge is 2.27. The van der Waals surface area contributed by atoms with Crippen LogP contribution in [0.1, 0.15) is 36.8 Å². The lowest BCUT2D eigenvalue weighted by atomic mass is 9.86. The molecule has 0 spiro atoms. The first-order valence-corrected chi connectivity index (χ1v) is 10.1. The lowest BCUT2D eigenvalue weighted by molar-refractivity contribution is -0.149. The first kappa shape index (κ1) is 23.7. The molecule has 30 heavy (non-hydrogen) atoms. The fourth-order valence-electron chi connectivity index (χ4n) is 3.29. The number of amides is 1. The molecule has 1 amide bonds. The molecule has 2 aromatic rings. The van der Waals surface area contributed by atoms with Crippen molar-refractivity contribution in [2.75, 3.05) is 0 Å². The van der Waals surface area contributed by atoms with Crippen LogP contribution in [-0.4, -0.2) is 34.1 Å². The van der Waals surface area contributed by atoms with E-state index >= 15 is 0 Å². The molecule has 0 saturated heterocycles. The molecule has 0 fully saturated rings. The van der Waals surface area contributed by atoms with E-state index in [-0.39, 0.29) is 12.0 Å². The maximum Gasteiger partial charge on any atom is 0.307 e. The summed E-state index contributed by atoms with van der Waals surface area (Å²) in [5.41, 5.74) is 1.94. The molecule has 0 aliphatic heterocycles. The minimum absolute atomic E-state index is 0.142. The average Bonchev–Trinajstić information content (AvgIpc) is 2.66. The Kier molecular flexibility index (Phi) is 8.69. The number of aliphatic carboxylic acids is 2. The van der Waals surface area contributed by atoms with Gasteiger partial charge < -0.3 is 15.5 Å². The van der Waals surface area contributed by atoms with Gasteiger partial charge in [0.1, 0.15) is 0 Å². The van der Waals surface area contributed by atoms with E-state index in [1.165, 1.54) is 0 Å². The highest BCUT2D eigenvalue weighted by atomic mass is 35.5. The van der Waals surface area contributed by atoms with Gasteiger partial charge in [0.15, 0.2) is 0 Å². The third-order valence-electron chi connectivity index (χ3n) is 4.84. The Hall–Kier alpha value is -2.57. The van der Waals surface area contributed by atoms with E-state index in [1.54, 1.807) is 18.2 Å². The molecule has 2 rings (SSSR count). The third-order valence-corrected chi connectivity index (χ3v) is 5.33. The van der Waals surface area contributed by atoms with Crippen LogP contribution >= 0.6 is 23.2 Å². The lowest BCUT2D eigenvalue weighted by Crippen LogP contribution is -2.39. The van der Waals surface area contributed by atoms with Crippen molar-refractivity contribution in [3.8, 4) is 0 Å². The van der Waals surface area contributed by atoms with Crippen molar-refractivity contribution in [2.45, 2.75) is 38.1 Å². The van der Waals surface area contributed by atoms with Crippen LogP contribution in [0.15, 0.2) is 48.5 Å². The summed E-state index contributed by atoms with van der Waals surface area (Å²) >= 11 is 12.1. The van der Waals surface area contributed by atoms with Crippen molar-refractivity contribution in [3.63, 3.8) is 0 Å². The SMILES string of the molecule is CC(NC(=O)CC(CC(=O)O)C(=O)O)C(Cc1ccc(Cl)cc1)c1cccc(Cl)c1. The molecule has 0 aromatic heterocycles. The standard InChI is InChI=1S/C22H23Cl2NO5/c1-13(25-20(26)11-16(22(29)30)12-21(27)28)19(15-3-2-4-18(24)10-15)9-14-5-7-17(23)8-6-14/h2-8,10,13,16,19H,9,11-12H2,1H3,(H,25,26)(H,27,28)(H,29,30). The topological polar surface area (TPSA) is 104 Å². The van der Waals surface area contributed by atoms with Crippen molar-refractivity contribution in [2.24, 2.45) is 5.92 Å². The number of benzene rings is 2. The normalized spacial score (nSPS) is 13.8. The van der Waals surface area contributed by atoms with Gasteiger partial charge in [0.05, 0.1) is 12.3 Å². The highest BCUT2D eigenvalue weighted by Crippen LogP contribution is 2.27. The van der Waals surface area contributed by atoms with Crippen molar-refractivity contribution in [3.05, 3.63) is 69.7 Å². The van der Waals surface area contributed by atoms with Crippen molar-refractivity contribution < 1.29 is 24.6 Å². The zero-order valence-corrected chi connectivity index (χ0v) is 17.9. The van der Waals surface area contributed by atoms with Crippen LogP contribution in [0.4, 0.5) is 0 Å². The number of rotatable bonds is 10. The second-order valence-electron chi connectivity index (χ2n) is 7.19. The summed E-state index contributed by atoms with van der Waals surface area (Å²) in [4.78, 5) is 34.5. The number of halogens is 2. The Bertz CT molecular complexity index is 901. The molecule has 0 bridgehead atoms. The van der Waals surface area contributed by atoms with E-state index in [4.69, 9.17) is 28.3 Å². The fraction of sp³-hybridized carbons (Fsp3) is 0.318. The molecule has 0 aliphatic carbocycles. The molecule has 2 aromatic carbocycles. The Balaban J connectivity index is 2.18. The zero-order valence-electron chi connectivity index (χ0n) is 16.3. The molecule has 160 valence electrons. The van der Waals surface area contributed by atoms with E-state index < -0.39 is 36.6 Å². The molecule has 0 saturated carbocycles. The average molecular weight is 452 g/mol. The molecular formula is C22H23Cl2NO5. The van der Waals surface area contributed by atoms with Gasteiger partial charge in [-0.25, -0.2) is 0 Å². The van der Waals surface area contributed by atoms with E-state index in [0.717, 1.165) is 11.1 Å². The van der Waals surface area contributed by atoms with Crippen LogP contribution in [-0.2, 0) is 20.8 Å². The van der Waals surface area contributed by atoms with Gasteiger partial charge in [-0.2, -0.15) is 0 Å². The number of carbonyl (C=O) groups excluding carboxylic acids is 1. The van der Waals surface area contributed by atoms with E-state index in [9.17, 15) is 19.5 Å². The van der Waals surface area contributed by atoms with Gasteiger partial charge in [-0.1, -0.05) is 47.5 Å². The number of carboxylic acids is 2. The molecule has 3 N–H and O–H groups in total. The van der Waals surface area contributed by atoms with Gasteiger partial charge in [-0.05, 0) is 48.7 Å². The van der Waals surface area contributed by atoms with Crippen LogP contribution in [0.25, 0.3) is 0 Å². The van der Waals surface area contributed by atoms with Gasteiger partial charge >= 0.3 is 11.9 Å². The third kappa shape index (κ3) is 7.35. The molecule has 0 radical (unpaired) electrons. The Morgan fingerprint density at radius 3 is 2.20 bits per heavy atom. The van der Waals surface area contributed by atoms with Crippen LogP contribution in [0, 0.1) is 5.92 Å². The molecule has 8 heteroatoms.